The predicted octanol–water partition coefficient (Wildman–Crippen LogP) is 3.80. The van der Waals surface area contributed by atoms with Crippen LogP contribution in [-0.4, -0.2) is 20.0 Å². The van der Waals surface area contributed by atoms with Crippen molar-refractivity contribution in [3.63, 3.8) is 0 Å². The van der Waals surface area contributed by atoms with Crippen LogP contribution in [0.1, 0.15) is 17.2 Å². The summed E-state index contributed by atoms with van der Waals surface area (Å²) in [6.45, 7) is 2.06. The zero-order chi connectivity index (χ0) is 15.2. The summed E-state index contributed by atoms with van der Waals surface area (Å²) in [7, 11) is 3.35. The molecule has 112 valence electrons. The first-order valence-electron chi connectivity index (χ1n) is 6.81. The standard InChI is InChI=1S/C17H21NO2S/c1-12-7-8-17(20-3)15(9-12)16(18)11-21-14-6-4-5-13(10-14)19-2/h4-10,16H,11,18H2,1-3H3. The zero-order valence-electron chi connectivity index (χ0n) is 12.6. The summed E-state index contributed by atoms with van der Waals surface area (Å²) in [4.78, 5) is 1.15. The van der Waals surface area contributed by atoms with E-state index in [2.05, 4.69) is 19.1 Å². The van der Waals surface area contributed by atoms with Crippen molar-refractivity contribution >= 4 is 11.8 Å². The maximum Gasteiger partial charge on any atom is 0.123 e. The molecule has 2 N–H and O–H groups in total. The molecule has 0 aliphatic carbocycles. The highest BCUT2D eigenvalue weighted by Crippen LogP contribution is 2.30. The molecule has 2 rings (SSSR count). The first-order valence-corrected chi connectivity index (χ1v) is 7.79. The third-order valence-electron chi connectivity index (χ3n) is 3.26. The van der Waals surface area contributed by atoms with Gasteiger partial charge >= 0.3 is 0 Å². The minimum absolute atomic E-state index is 0.0731. The number of rotatable bonds is 6. The molecule has 2 aromatic carbocycles. The van der Waals surface area contributed by atoms with Gasteiger partial charge in [-0.3, -0.25) is 0 Å². The van der Waals surface area contributed by atoms with E-state index in [9.17, 15) is 0 Å². The SMILES string of the molecule is COc1cccc(SCC(N)c2cc(C)ccc2OC)c1. The van der Waals surface area contributed by atoms with Crippen LogP contribution < -0.4 is 15.2 Å². The second-order valence-electron chi connectivity index (χ2n) is 4.84. The van der Waals surface area contributed by atoms with E-state index in [1.165, 1.54) is 5.56 Å². The third-order valence-corrected chi connectivity index (χ3v) is 4.37. The lowest BCUT2D eigenvalue weighted by atomic mass is 10.1. The number of aryl methyl sites for hydroxylation is 1. The van der Waals surface area contributed by atoms with E-state index >= 15 is 0 Å². The van der Waals surface area contributed by atoms with Crippen LogP contribution in [0.25, 0.3) is 0 Å². The molecule has 0 aliphatic rings. The largest absolute Gasteiger partial charge is 0.497 e. The second-order valence-corrected chi connectivity index (χ2v) is 5.94. The Morgan fingerprint density at radius 1 is 1.10 bits per heavy atom. The number of hydrogen-bond donors (Lipinski definition) is 1. The average molecular weight is 303 g/mol. The van der Waals surface area contributed by atoms with Gasteiger partial charge < -0.3 is 15.2 Å². The lowest BCUT2D eigenvalue weighted by Gasteiger charge is -2.16. The van der Waals surface area contributed by atoms with E-state index in [4.69, 9.17) is 15.2 Å². The third kappa shape index (κ3) is 4.16. The van der Waals surface area contributed by atoms with Crippen molar-refractivity contribution in [2.45, 2.75) is 17.9 Å². The molecule has 21 heavy (non-hydrogen) atoms. The normalized spacial score (nSPS) is 12.0. The highest BCUT2D eigenvalue weighted by molar-refractivity contribution is 7.99. The summed E-state index contributed by atoms with van der Waals surface area (Å²) < 4.78 is 10.6. The highest BCUT2D eigenvalue weighted by atomic mass is 32.2. The smallest absolute Gasteiger partial charge is 0.123 e. The first-order chi connectivity index (χ1) is 10.1. The Labute approximate surface area is 130 Å². The summed E-state index contributed by atoms with van der Waals surface area (Å²) in [6.07, 6.45) is 0. The Hall–Kier alpha value is -1.65. The molecule has 4 heteroatoms. The minimum atomic E-state index is -0.0731. The van der Waals surface area contributed by atoms with Crippen LogP contribution in [0.15, 0.2) is 47.4 Å². The van der Waals surface area contributed by atoms with Crippen molar-refractivity contribution in [1.82, 2.24) is 0 Å². The van der Waals surface area contributed by atoms with Gasteiger partial charge in [0.05, 0.1) is 14.2 Å². The molecule has 0 bridgehead atoms. The Balaban J connectivity index is 2.07. The fourth-order valence-electron chi connectivity index (χ4n) is 2.11. The van der Waals surface area contributed by atoms with E-state index < -0.39 is 0 Å². The molecule has 0 heterocycles. The summed E-state index contributed by atoms with van der Waals surface area (Å²) in [5, 5.41) is 0. The topological polar surface area (TPSA) is 44.5 Å². The fraction of sp³-hybridized carbons (Fsp3) is 0.294. The van der Waals surface area contributed by atoms with Gasteiger partial charge in [0.1, 0.15) is 11.5 Å². The van der Waals surface area contributed by atoms with Gasteiger partial charge in [-0.15, -0.1) is 11.8 Å². The maximum atomic E-state index is 6.33. The van der Waals surface area contributed by atoms with E-state index in [1.807, 2.05) is 30.3 Å². The van der Waals surface area contributed by atoms with Crippen molar-refractivity contribution in [3.8, 4) is 11.5 Å². The Bertz CT molecular complexity index is 601. The molecular weight excluding hydrogens is 282 g/mol. The van der Waals surface area contributed by atoms with Crippen molar-refractivity contribution in [1.29, 1.82) is 0 Å². The molecule has 0 amide bonds. The quantitative estimate of drug-likeness (QED) is 0.824. The zero-order valence-corrected chi connectivity index (χ0v) is 13.4. The molecule has 1 atom stereocenters. The number of benzene rings is 2. The average Bonchev–Trinajstić information content (AvgIpc) is 2.52. The van der Waals surface area contributed by atoms with Gasteiger partial charge in [0.15, 0.2) is 0 Å². The van der Waals surface area contributed by atoms with Crippen LogP contribution in [0.5, 0.6) is 11.5 Å². The summed E-state index contributed by atoms with van der Waals surface area (Å²) >= 11 is 1.72. The minimum Gasteiger partial charge on any atom is -0.497 e. The molecule has 0 spiro atoms. The van der Waals surface area contributed by atoms with Gasteiger partial charge in [0.25, 0.3) is 0 Å². The van der Waals surface area contributed by atoms with Crippen LogP contribution in [0, 0.1) is 6.92 Å². The predicted molar refractivity (Wildman–Crippen MR) is 88.4 cm³/mol. The number of methoxy groups -OCH3 is 2. The molecule has 0 aromatic heterocycles. The number of ether oxygens (including phenoxy) is 2. The van der Waals surface area contributed by atoms with Crippen LogP contribution in [-0.2, 0) is 0 Å². The molecular formula is C17H21NO2S. The summed E-state index contributed by atoms with van der Waals surface area (Å²) in [5.41, 5.74) is 8.56. The fourth-order valence-corrected chi connectivity index (χ4v) is 3.04. The Kier molecular flexibility index (Phi) is 5.53. The lowest BCUT2D eigenvalue weighted by Crippen LogP contribution is -2.14. The van der Waals surface area contributed by atoms with Crippen molar-refractivity contribution in [2.24, 2.45) is 5.73 Å². The Morgan fingerprint density at radius 3 is 2.62 bits per heavy atom. The van der Waals surface area contributed by atoms with E-state index in [0.29, 0.717) is 0 Å². The molecule has 0 fully saturated rings. The van der Waals surface area contributed by atoms with Gasteiger partial charge in [0, 0.05) is 22.3 Å². The maximum absolute atomic E-state index is 6.33. The number of hydrogen-bond acceptors (Lipinski definition) is 4. The van der Waals surface area contributed by atoms with E-state index in [-0.39, 0.29) is 6.04 Å². The lowest BCUT2D eigenvalue weighted by molar-refractivity contribution is 0.407. The van der Waals surface area contributed by atoms with Gasteiger partial charge in [-0.2, -0.15) is 0 Å². The van der Waals surface area contributed by atoms with Gasteiger partial charge in [0.2, 0.25) is 0 Å². The van der Waals surface area contributed by atoms with Crippen LogP contribution >= 0.6 is 11.8 Å². The Morgan fingerprint density at radius 2 is 1.90 bits per heavy atom. The van der Waals surface area contributed by atoms with Crippen LogP contribution in [0.2, 0.25) is 0 Å². The molecule has 1 unspecified atom stereocenters. The molecule has 0 saturated carbocycles. The van der Waals surface area contributed by atoms with Crippen LogP contribution in [0.3, 0.4) is 0 Å². The van der Waals surface area contributed by atoms with Crippen LogP contribution in [0.4, 0.5) is 0 Å². The first kappa shape index (κ1) is 15.7. The van der Waals surface area contributed by atoms with Crippen molar-refractivity contribution in [3.05, 3.63) is 53.6 Å². The van der Waals surface area contributed by atoms with Crippen molar-refractivity contribution < 1.29 is 9.47 Å². The molecule has 0 saturated heterocycles. The molecule has 2 aromatic rings. The number of nitrogens with two attached hydrogens (primary N) is 1. The molecule has 0 aliphatic heterocycles. The summed E-state index contributed by atoms with van der Waals surface area (Å²) in [6, 6.07) is 14.0. The number of thioether (sulfide) groups is 1. The molecule has 3 nitrogen and oxygen atoms in total. The van der Waals surface area contributed by atoms with E-state index in [1.54, 1.807) is 26.0 Å². The van der Waals surface area contributed by atoms with Gasteiger partial charge in [-0.05, 0) is 31.2 Å². The highest BCUT2D eigenvalue weighted by Gasteiger charge is 2.13. The van der Waals surface area contributed by atoms with Gasteiger partial charge in [-0.25, -0.2) is 0 Å². The molecule has 0 radical (unpaired) electrons. The second kappa shape index (κ2) is 7.38. The van der Waals surface area contributed by atoms with Crippen molar-refractivity contribution in [2.75, 3.05) is 20.0 Å². The monoisotopic (exact) mass is 303 g/mol. The van der Waals surface area contributed by atoms with E-state index in [0.717, 1.165) is 27.7 Å². The van der Waals surface area contributed by atoms with Gasteiger partial charge in [-0.1, -0.05) is 23.8 Å². The summed E-state index contributed by atoms with van der Waals surface area (Å²) in [5.74, 6) is 2.49.